The second-order valence-corrected chi connectivity index (χ2v) is 4.42. The van der Waals surface area contributed by atoms with Crippen molar-refractivity contribution in [2.45, 2.75) is 19.1 Å². The molecule has 1 N–H and O–H groups in total. The third-order valence-electron chi connectivity index (χ3n) is 3.08. The Morgan fingerprint density at radius 2 is 2.16 bits per heavy atom. The van der Waals surface area contributed by atoms with E-state index in [9.17, 15) is 0 Å². The molecule has 2 aromatic rings. The topological polar surface area (TPSA) is 50.8 Å². The summed E-state index contributed by atoms with van der Waals surface area (Å²) in [5, 5.41) is 0. The van der Waals surface area contributed by atoms with Gasteiger partial charge in [-0.3, -0.25) is 4.98 Å². The third-order valence-corrected chi connectivity index (χ3v) is 3.08. The summed E-state index contributed by atoms with van der Waals surface area (Å²) in [5.74, 6) is 0. The zero-order chi connectivity index (χ0) is 12.9. The molecule has 1 atom stereocenters. The molecule has 0 bridgehead atoms. The first kappa shape index (κ1) is 11.9. The van der Waals surface area contributed by atoms with E-state index >= 15 is 0 Å². The van der Waals surface area contributed by atoms with Crippen LogP contribution >= 0.6 is 0 Å². The van der Waals surface area contributed by atoms with Gasteiger partial charge in [-0.05, 0) is 29.7 Å². The van der Waals surface area contributed by atoms with Gasteiger partial charge in [0.25, 0.3) is 0 Å². The molecule has 19 heavy (non-hydrogen) atoms. The van der Waals surface area contributed by atoms with Gasteiger partial charge in [0.2, 0.25) is 0 Å². The molecule has 0 saturated carbocycles. The van der Waals surface area contributed by atoms with Crippen LogP contribution in [0.25, 0.3) is 5.57 Å². The van der Waals surface area contributed by atoms with Gasteiger partial charge in [-0.2, -0.15) is 0 Å². The van der Waals surface area contributed by atoms with Gasteiger partial charge in [0.15, 0.2) is 0 Å². The second kappa shape index (κ2) is 5.63. The maximum Gasteiger partial charge on any atom is 0.0924 e. The fourth-order valence-electron chi connectivity index (χ4n) is 2.02. The van der Waals surface area contributed by atoms with Crippen LogP contribution in [-0.2, 0) is 11.3 Å². The first-order chi connectivity index (χ1) is 9.42. The third kappa shape index (κ3) is 2.98. The Bertz CT molecular complexity index is 573. The summed E-state index contributed by atoms with van der Waals surface area (Å²) in [6.07, 6.45) is 14.5. The summed E-state index contributed by atoms with van der Waals surface area (Å²) in [5.41, 5.74) is 3.36. The molecule has 4 nitrogen and oxygen atoms in total. The van der Waals surface area contributed by atoms with E-state index in [0.717, 1.165) is 17.7 Å². The van der Waals surface area contributed by atoms with Crippen molar-refractivity contribution in [3.63, 3.8) is 0 Å². The van der Waals surface area contributed by atoms with Crippen LogP contribution in [0.5, 0.6) is 0 Å². The van der Waals surface area contributed by atoms with E-state index in [4.69, 9.17) is 4.74 Å². The summed E-state index contributed by atoms with van der Waals surface area (Å²) in [4.78, 5) is 11.1. The summed E-state index contributed by atoms with van der Waals surface area (Å²) in [6, 6.07) is 3.94. The van der Waals surface area contributed by atoms with Crippen LogP contribution in [0.2, 0.25) is 0 Å². The van der Waals surface area contributed by atoms with E-state index in [1.165, 1.54) is 5.57 Å². The SMILES string of the molecule is C1=CC(OCc2ccncc2)CC=C1c1cnc[nH]1. The second-order valence-electron chi connectivity index (χ2n) is 4.42. The van der Waals surface area contributed by atoms with Crippen molar-refractivity contribution in [3.05, 3.63) is 66.5 Å². The van der Waals surface area contributed by atoms with E-state index in [0.29, 0.717) is 6.61 Å². The van der Waals surface area contributed by atoms with Gasteiger partial charge in [-0.25, -0.2) is 4.98 Å². The molecular formula is C15H15N3O. The van der Waals surface area contributed by atoms with E-state index in [1.807, 2.05) is 18.3 Å². The van der Waals surface area contributed by atoms with Gasteiger partial charge < -0.3 is 9.72 Å². The minimum Gasteiger partial charge on any atom is -0.369 e. The minimum absolute atomic E-state index is 0.139. The maximum atomic E-state index is 5.85. The van der Waals surface area contributed by atoms with Crippen LogP contribution in [0.3, 0.4) is 0 Å². The summed E-state index contributed by atoms with van der Waals surface area (Å²) >= 11 is 0. The molecule has 1 unspecified atom stereocenters. The molecule has 4 heteroatoms. The zero-order valence-corrected chi connectivity index (χ0v) is 10.5. The summed E-state index contributed by atoms with van der Waals surface area (Å²) in [7, 11) is 0. The Labute approximate surface area is 111 Å². The van der Waals surface area contributed by atoms with Gasteiger partial charge in [-0.1, -0.05) is 18.2 Å². The number of aromatic amines is 1. The van der Waals surface area contributed by atoms with Crippen molar-refractivity contribution < 1.29 is 4.74 Å². The Morgan fingerprint density at radius 1 is 1.26 bits per heavy atom. The Morgan fingerprint density at radius 3 is 2.84 bits per heavy atom. The van der Waals surface area contributed by atoms with Crippen molar-refractivity contribution in [1.29, 1.82) is 0 Å². The zero-order valence-electron chi connectivity index (χ0n) is 10.5. The van der Waals surface area contributed by atoms with Gasteiger partial charge in [0.05, 0.1) is 30.9 Å². The molecule has 0 spiro atoms. The molecule has 0 saturated heterocycles. The highest BCUT2D eigenvalue weighted by molar-refractivity contribution is 5.72. The molecule has 0 aromatic carbocycles. The van der Waals surface area contributed by atoms with Crippen LogP contribution in [0.15, 0.2) is 55.3 Å². The number of H-pyrrole nitrogens is 1. The lowest BCUT2D eigenvalue weighted by atomic mass is 10.0. The van der Waals surface area contributed by atoms with E-state index in [2.05, 4.69) is 33.2 Å². The number of pyridine rings is 1. The van der Waals surface area contributed by atoms with Gasteiger partial charge in [0.1, 0.15) is 0 Å². The smallest absolute Gasteiger partial charge is 0.0924 e. The highest BCUT2D eigenvalue weighted by atomic mass is 16.5. The van der Waals surface area contributed by atoms with Crippen LogP contribution in [0.1, 0.15) is 17.7 Å². The fraction of sp³-hybridized carbons (Fsp3) is 0.200. The van der Waals surface area contributed by atoms with E-state index in [-0.39, 0.29) is 6.10 Å². The first-order valence-corrected chi connectivity index (χ1v) is 6.29. The Hall–Kier alpha value is -2.20. The lowest BCUT2D eigenvalue weighted by Gasteiger charge is -2.16. The average Bonchev–Trinajstić information content (AvgIpc) is 3.01. The molecule has 3 rings (SSSR count). The van der Waals surface area contributed by atoms with Crippen LogP contribution in [-0.4, -0.2) is 21.1 Å². The molecule has 1 aliphatic carbocycles. The van der Waals surface area contributed by atoms with E-state index in [1.54, 1.807) is 18.7 Å². The number of nitrogens with one attached hydrogen (secondary N) is 1. The summed E-state index contributed by atoms with van der Waals surface area (Å²) in [6.45, 7) is 0.616. The monoisotopic (exact) mass is 253 g/mol. The average molecular weight is 253 g/mol. The van der Waals surface area contributed by atoms with Crippen molar-refractivity contribution in [1.82, 2.24) is 15.0 Å². The van der Waals surface area contributed by atoms with E-state index < -0.39 is 0 Å². The number of imidazole rings is 1. The van der Waals surface area contributed by atoms with Crippen LogP contribution < -0.4 is 0 Å². The normalized spacial score (nSPS) is 18.3. The molecule has 0 radical (unpaired) electrons. The summed E-state index contributed by atoms with van der Waals surface area (Å²) < 4.78 is 5.85. The van der Waals surface area contributed by atoms with Crippen molar-refractivity contribution in [3.8, 4) is 0 Å². The molecule has 0 aliphatic heterocycles. The minimum atomic E-state index is 0.139. The molecular weight excluding hydrogens is 238 g/mol. The molecule has 1 aliphatic rings. The number of allylic oxidation sites excluding steroid dienone is 2. The van der Waals surface area contributed by atoms with Crippen LogP contribution in [0, 0.1) is 0 Å². The number of hydrogen-bond donors (Lipinski definition) is 1. The van der Waals surface area contributed by atoms with Gasteiger partial charge in [-0.15, -0.1) is 0 Å². The predicted octanol–water partition coefficient (Wildman–Crippen LogP) is 2.73. The Balaban J connectivity index is 1.55. The lowest BCUT2D eigenvalue weighted by Crippen LogP contribution is -2.11. The highest BCUT2D eigenvalue weighted by Gasteiger charge is 2.10. The number of hydrogen-bond acceptors (Lipinski definition) is 3. The van der Waals surface area contributed by atoms with Crippen molar-refractivity contribution in [2.75, 3.05) is 0 Å². The molecule has 2 heterocycles. The standard InChI is InChI=1S/C15H15N3O/c1-3-14(19-10-12-5-7-16-8-6-12)4-2-13(1)15-9-17-11-18-15/h1-3,5-9,11,14H,4,10H2,(H,17,18). The number of rotatable bonds is 4. The molecule has 0 amide bonds. The number of ether oxygens (including phenoxy) is 1. The Kier molecular flexibility index (Phi) is 3.51. The lowest BCUT2D eigenvalue weighted by molar-refractivity contribution is 0.0734. The van der Waals surface area contributed by atoms with Gasteiger partial charge in [0, 0.05) is 12.4 Å². The van der Waals surface area contributed by atoms with Gasteiger partial charge >= 0.3 is 0 Å². The quantitative estimate of drug-likeness (QED) is 0.911. The van der Waals surface area contributed by atoms with Crippen molar-refractivity contribution >= 4 is 5.57 Å². The maximum absolute atomic E-state index is 5.85. The molecule has 96 valence electrons. The van der Waals surface area contributed by atoms with Crippen LogP contribution in [0.4, 0.5) is 0 Å². The largest absolute Gasteiger partial charge is 0.369 e. The number of aromatic nitrogens is 3. The fourth-order valence-corrected chi connectivity index (χ4v) is 2.02. The predicted molar refractivity (Wildman–Crippen MR) is 73.1 cm³/mol. The molecule has 2 aromatic heterocycles. The van der Waals surface area contributed by atoms with Crippen molar-refractivity contribution in [2.24, 2.45) is 0 Å². The number of nitrogens with zero attached hydrogens (tertiary/aromatic N) is 2. The molecule has 0 fully saturated rings. The highest BCUT2D eigenvalue weighted by Crippen LogP contribution is 2.21. The first-order valence-electron chi connectivity index (χ1n) is 6.29.